The number of pyridine rings is 1. The summed E-state index contributed by atoms with van der Waals surface area (Å²) in [4.78, 5) is 11.8. The minimum absolute atomic E-state index is 0.150. The van der Waals surface area contributed by atoms with Crippen LogP contribution in [0, 0.1) is 5.21 Å². The fourth-order valence-corrected chi connectivity index (χ4v) is 2.42. The van der Waals surface area contributed by atoms with Gasteiger partial charge in [0.15, 0.2) is 12.4 Å². The number of hydrogen-bond donors (Lipinski definition) is 1. The van der Waals surface area contributed by atoms with Gasteiger partial charge in [-0.25, -0.2) is 0 Å². The van der Waals surface area contributed by atoms with E-state index < -0.39 is 0 Å². The normalized spacial score (nSPS) is 16.0. The predicted octanol–water partition coefficient (Wildman–Crippen LogP) is 1.79. The quantitative estimate of drug-likeness (QED) is 0.490. The third kappa shape index (κ3) is 4.81. The van der Waals surface area contributed by atoms with Gasteiger partial charge in [0.2, 0.25) is 0 Å². The summed E-state index contributed by atoms with van der Waals surface area (Å²) in [6.45, 7) is 1.29. The Morgan fingerprint density at radius 1 is 1.30 bits per heavy atom. The van der Waals surface area contributed by atoms with Crippen LogP contribution in [0.15, 0.2) is 24.5 Å². The average molecular weight is 278 g/mol. The second-order valence-electron chi connectivity index (χ2n) is 5.19. The van der Waals surface area contributed by atoms with E-state index in [0.717, 1.165) is 6.42 Å². The molecule has 0 bridgehead atoms. The lowest BCUT2D eigenvalue weighted by molar-refractivity contribution is -0.605. The Balaban J connectivity index is 1.58. The predicted molar refractivity (Wildman–Crippen MR) is 75.2 cm³/mol. The molecule has 1 aromatic rings. The topological polar surface area (TPSA) is 65.3 Å². The van der Waals surface area contributed by atoms with Crippen molar-refractivity contribution < 1.29 is 14.3 Å². The van der Waals surface area contributed by atoms with Gasteiger partial charge >= 0.3 is 0 Å². The Morgan fingerprint density at radius 2 is 2.00 bits per heavy atom. The zero-order chi connectivity index (χ0) is 14.2. The van der Waals surface area contributed by atoms with Crippen LogP contribution in [0.25, 0.3) is 0 Å². The Morgan fingerprint density at radius 3 is 2.70 bits per heavy atom. The number of amides is 1. The second-order valence-corrected chi connectivity index (χ2v) is 5.19. The van der Waals surface area contributed by atoms with Crippen LogP contribution in [0.3, 0.4) is 0 Å². The summed E-state index contributed by atoms with van der Waals surface area (Å²) in [6, 6.07) is 3.03. The molecule has 0 atom stereocenters. The van der Waals surface area contributed by atoms with Crippen molar-refractivity contribution in [3.05, 3.63) is 35.3 Å². The van der Waals surface area contributed by atoms with Crippen molar-refractivity contribution in [1.29, 1.82) is 0 Å². The Hall–Kier alpha value is -1.62. The minimum Gasteiger partial charge on any atom is -0.619 e. The monoisotopic (exact) mass is 278 g/mol. The molecule has 110 valence electrons. The number of nitrogens with zero attached hydrogens (tertiary/aromatic N) is 1. The minimum atomic E-state index is -0.150. The Kier molecular flexibility index (Phi) is 5.80. The lowest BCUT2D eigenvalue weighted by Crippen LogP contribution is -2.29. The van der Waals surface area contributed by atoms with Crippen LogP contribution in [0.5, 0.6) is 0 Å². The number of carbonyl (C=O) groups is 1. The number of rotatable bonds is 6. The number of carbonyl (C=O) groups excluding carboxylic acids is 1. The lowest BCUT2D eigenvalue weighted by atomic mass is 9.98. The number of ether oxygens (including phenoxy) is 1. The van der Waals surface area contributed by atoms with Gasteiger partial charge in [-0.2, -0.15) is 4.73 Å². The molecule has 0 radical (unpaired) electrons. The van der Waals surface area contributed by atoms with Crippen molar-refractivity contribution >= 4 is 5.91 Å². The van der Waals surface area contributed by atoms with E-state index in [0.29, 0.717) is 29.5 Å². The van der Waals surface area contributed by atoms with E-state index in [-0.39, 0.29) is 5.91 Å². The van der Waals surface area contributed by atoms with Crippen molar-refractivity contribution in [2.24, 2.45) is 0 Å². The molecule has 1 aliphatic rings. The SMILES string of the molecule is O=C(NCCCOC1CCCCC1)c1cc[n+]([O-])cc1. The second kappa shape index (κ2) is 7.85. The van der Waals surface area contributed by atoms with Crippen LogP contribution in [0.1, 0.15) is 48.9 Å². The molecule has 0 aliphatic heterocycles. The maximum atomic E-state index is 11.8. The molecule has 5 nitrogen and oxygen atoms in total. The molecule has 1 aromatic heterocycles. The van der Waals surface area contributed by atoms with Gasteiger partial charge in [-0.15, -0.1) is 0 Å². The molecular formula is C15H22N2O3. The third-order valence-corrected chi connectivity index (χ3v) is 3.58. The molecule has 1 N–H and O–H groups in total. The van der Waals surface area contributed by atoms with Gasteiger partial charge in [-0.3, -0.25) is 4.79 Å². The summed E-state index contributed by atoms with van der Waals surface area (Å²) < 4.78 is 6.45. The van der Waals surface area contributed by atoms with Gasteiger partial charge in [0.05, 0.1) is 11.7 Å². The number of nitrogens with one attached hydrogen (secondary N) is 1. The molecule has 0 saturated heterocycles. The summed E-state index contributed by atoms with van der Waals surface area (Å²) >= 11 is 0. The van der Waals surface area contributed by atoms with Crippen molar-refractivity contribution in [1.82, 2.24) is 5.32 Å². The van der Waals surface area contributed by atoms with Gasteiger partial charge < -0.3 is 15.3 Å². The fourth-order valence-electron chi connectivity index (χ4n) is 2.42. The summed E-state index contributed by atoms with van der Waals surface area (Å²) in [5.74, 6) is -0.150. The average Bonchev–Trinajstić information content (AvgIpc) is 2.48. The largest absolute Gasteiger partial charge is 0.619 e. The van der Waals surface area contributed by atoms with E-state index in [2.05, 4.69) is 5.32 Å². The molecule has 0 unspecified atom stereocenters. The van der Waals surface area contributed by atoms with Crippen LogP contribution in [0.2, 0.25) is 0 Å². The smallest absolute Gasteiger partial charge is 0.251 e. The molecule has 5 heteroatoms. The van der Waals surface area contributed by atoms with Crippen molar-refractivity contribution in [2.45, 2.75) is 44.6 Å². The van der Waals surface area contributed by atoms with Gasteiger partial charge in [0.25, 0.3) is 5.91 Å². The zero-order valence-electron chi connectivity index (χ0n) is 11.7. The van der Waals surface area contributed by atoms with Crippen LogP contribution in [0.4, 0.5) is 0 Å². The van der Waals surface area contributed by atoms with Crippen LogP contribution in [-0.4, -0.2) is 25.2 Å². The van der Waals surface area contributed by atoms with Crippen molar-refractivity contribution in [3.8, 4) is 0 Å². The van der Waals surface area contributed by atoms with Crippen molar-refractivity contribution in [3.63, 3.8) is 0 Å². The molecule has 20 heavy (non-hydrogen) atoms. The zero-order valence-corrected chi connectivity index (χ0v) is 11.7. The molecule has 1 saturated carbocycles. The molecule has 1 heterocycles. The van der Waals surface area contributed by atoms with Crippen LogP contribution in [-0.2, 0) is 4.74 Å². The molecule has 0 aromatic carbocycles. The highest BCUT2D eigenvalue weighted by Crippen LogP contribution is 2.20. The maximum Gasteiger partial charge on any atom is 0.251 e. The van der Waals surface area contributed by atoms with Gasteiger partial charge in [-0.1, -0.05) is 19.3 Å². The van der Waals surface area contributed by atoms with E-state index in [4.69, 9.17) is 4.74 Å². The standard InChI is InChI=1S/C15H22N2O3/c18-15(13-7-10-17(19)11-8-13)16-9-4-12-20-14-5-2-1-3-6-14/h7-8,10-11,14H,1-6,9,12H2,(H,16,18). The number of aromatic nitrogens is 1. The summed E-state index contributed by atoms with van der Waals surface area (Å²) in [5.41, 5.74) is 0.505. The molecule has 0 spiro atoms. The fraction of sp³-hybridized carbons (Fsp3) is 0.600. The van der Waals surface area contributed by atoms with E-state index in [9.17, 15) is 10.0 Å². The molecule has 1 amide bonds. The third-order valence-electron chi connectivity index (χ3n) is 3.58. The van der Waals surface area contributed by atoms with E-state index in [1.807, 2.05) is 0 Å². The van der Waals surface area contributed by atoms with Gasteiger partial charge in [0.1, 0.15) is 0 Å². The first-order chi connectivity index (χ1) is 9.75. The molecule has 1 fully saturated rings. The maximum absolute atomic E-state index is 11.8. The molecule has 1 aliphatic carbocycles. The van der Waals surface area contributed by atoms with E-state index in [1.165, 1.54) is 56.6 Å². The van der Waals surface area contributed by atoms with E-state index >= 15 is 0 Å². The highest BCUT2D eigenvalue weighted by Gasteiger charge is 2.13. The first-order valence-electron chi connectivity index (χ1n) is 7.34. The Labute approximate surface area is 119 Å². The number of hydrogen-bond acceptors (Lipinski definition) is 3. The van der Waals surface area contributed by atoms with Crippen molar-refractivity contribution in [2.75, 3.05) is 13.2 Å². The van der Waals surface area contributed by atoms with E-state index in [1.54, 1.807) is 0 Å². The van der Waals surface area contributed by atoms with Gasteiger partial charge in [-0.05, 0) is 19.3 Å². The van der Waals surface area contributed by atoms with Crippen LogP contribution >= 0.6 is 0 Å². The van der Waals surface area contributed by atoms with Crippen LogP contribution < -0.4 is 10.0 Å². The van der Waals surface area contributed by atoms with Gasteiger partial charge in [0, 0.05) is 25.3 Å². The first-order valence-corrected chi connectivity index (χ1v) is 7.34. The first kappa shape index (κ1) is 14.8. The highest BCUT2D eigenvalue weighted by molar-refractivity contribution is 5.93. The molecule has 2 rings (SSSR count). The lowest BCUT2D eigenvalue weighted by Gasteiger charge is -2.21. The summed E-state index contributed by atoms with van der Waals surface area (Å²) in [7, 11) is 0. The molecular weight excluding hydrogens is 256 g/mol. The summed E-state index contributed by atoms with van der Waals surface area (Å²) in [5, 5.41) is 13.7. The highest BCUT2D eigenvalue weighted by atomic mass is 16.5. The summed E-state index contributed by atoms with van der Waals surface area (Å²) in [6.07, 6.45) is 10.1. The Bertz CT molecular complexity index is 414.